The van der Waals surface area contributed by atoms with Gasteiger partial charge in [-0.2, -0.15) is 11.8 Å². The number of methoxy groups -OCH3 is 1. The van der Waals surface area contributed by atoms with Crippen molar-refractivity contribution in [1.82, 2.24) is 0 Å². The van der Waals surface area contributed by atoms with Gasteiger partial charge in [-0.1, -0.05) is 41.7 Å². The minimum absolute atomic E-state index is 0.177. The second-order valence-electron chi connectivity index (χ2n) is 4.23. The Balaban J connectivity index is 2.50. The molecule has 0 saturated carbocycles. The Labute approximate surface area is 142 Å². The standard InChI is InChI=1S/C13H14Cl3NO3S/c1-7(13(19)20-2)5-21-6-11(18)17-12-9(15)3-8(14)4-10(12)16/h3-4,7H,5-6H2,1-2H3,(H,17,18). The Morgan fingerprint density at radius 2 is 1.86 bits per heavy atom. The lowest BCUT2D eigenvalue weighted by molar-refractivity contribution is -0.144. The molecule has 0 aliphatic carbocycles. The first-order valence-corrected chi connectivity index (χ1v) is 8.24. The predicted octanol–water partition coefficient (Wildman–Crippen LogP) is 4.13. The zero-order valence-electron chi connectivity index (χ0n) is 11.4. The van der Waals surface area contributed by atoms with Crippen LogP contribution in [0.15, 0.2) is 12.1 Å². The molecule has 0 aliphatic rings. The van der Waals surface area contributed by atoms with E-state index in [0.717, 1.165) is 0 Å². The second-order valence-corrected chi connectivity index (χ2v) is 6.51. The maximum Gasteiger partial charge on any atom is 0.309 e. The summed E-state index contributed by atoms with van der Waals surface area (Å²) >= 11 is 19.1. The van der Waals surface area contributed by atoms with Crippen LogP contribution in [0.5, 0.6) is 0 Å². The number of carbonyl (C=O) groups is 2. The van der Waals surface area contributed by atoms with Gasteiger partial charge in [0.2, 0.25) is 5.91 Å². The first kappa shape index (κ1) is 18.4. The van der Waals surface area contributed by atoms with E-state index in [1.807, 2.05) is 0 Å². The first-order chi connectivity index (χ1) is 9.85. The summed E-state index contributed by atoms with van der Waals surface area (Å²) in [6.07, 6.45) is 0. The average molecular weight is 371 g/mol. The van der Waals surface area contributed by atoms with Gasteiger partial charge in [0.1, 0.15) is 0 Å². The van der Waals surface area contributed by atoms with Crippen molar-refractivity contribution in [2.45, 2.75) is 6.92 Å². The number of carbonyl (C=O) groups excluding carboxylic acids is 2. The number of hydrogen-bond acceptors (Lipinski definition) is 4. The van der Waals surface area contributed by atoms with Crippen LogP contribution in [0, 0.1) is 5.92 Å². The molecule has 4 nitrogen and oxygen atoms in total. The van der Waals surface area contributed by atoms with Crippen molar-refractivity contribution in [3.05, 3.63) is 27.2 Å². The van der Waals surface area contributed by atoms with Gasteiger partial charge < -0.3 is 10.1 Å². The third kappa shape index (κ3) is 5.94. The number of nitrogens with one attached hydrogen (secondary N) is 1. The molecule has 116 valence electrons. The Bertz CT molecular complexity index is 516. The van der Waals surface area contributed by atoms with Crippen LogP contribution in [-0.2, 0) is 14.3 Å². The Morgan fingerprint density at radius 1 is 1.29 bits per heavy atom. The van der Waals surface area contributed by atoms with Gasteiger partial charge in [-0.15, -0.1) is 0 Å². The fourth-order valence-electron chi connectivity index (χ4n) is 1.43. The van der Waals surface area contributed by atoms with E-state index in [9.17, 15) is 9.59 Å². The largest absolute Gasteiger partial charge is 0.469 e. The van der Waals surface area contributed by atoms with Gasteiger partial charge in [-0.3, -0.25) is 9.59 Å². The number of rotatable bonds is 6. The molecule has 1 rings (SSSR count). The van der Waals surface area contributed by atoms with Crippen LogP contribution in [0.4, 0.5) is 5.69 Å². The molecule has 0 spiro atoms. The van der Waals surface area contributed by atoms with Gasteiger partial charge in [0.05, 0.1) is 34.5 Å². The highest BCUT2D eigenvalue weighted by Crippen LogP contribution is 2.33. The topological polar surface area (TPSA) is 55.4 Å². The number of hydrogen-bond donors (Lipinski definition) is 1. The van der Waals surface area contributed by atoms with E-state index >= 15 is 0 Å². The molecule has 0 aliphatic heterocycles. The summed E-state index contributed by atoms with van der Waals surface area (Å²) in [5, 5.41) is 3.56. The molecule has 21 heavy (non-hydrogen) atoms. The number of benzene rings is 1. The van der Waals surface area contributed by atoms with Crippen LogP contribution < -0.4 is 5.32 Å². The van der Waals surface area contributed by atoms with Crippen molar-refractivity contribution in [2.24, 2.45) is 5.92 Å². The van der Waals surface area contributed by atoms with E-state index < -0.39 is 0 Å². The van der Waals surface area contributed by atoms with E-state index in [1.165, 1.54) is 31.0 Å². The van der Waals surface area contributed by atoms with E-state index in [0.29, 0.717) is 16.5 Å². The smallest absolute Gasteiger partial charge is 0.309 e. The third-order valence-corrected chi connectivity index (χ3v) is 4.49. The minimum Gasteiger partial charge on any atom is -0.469 e. The fourth-order valence-corrected chi connectivity index (χ4v) is 3.21. The maximum atomic E-state index is 11.8. The molecule has 0 heterocycles. The Morgan fingerprint density at radius 3 is 2.38 bits per heavy atom. The quantitative estimate of drug-likeness (QED) is 0.765. The van der Waals surface area contributed by atoms with Gasteiger partial charge in [0, 0.05) is 10.8 Å². The van der Waals surface area contributed by atoms with Gasteiger partial charge in [-0.05, 0) is 12.1 Å². The molecule has 0 radical (unpaired) electrons. The molecule has 0 aromatic heterocycles. The number of thioether (sulfide) groups is 1. The molecule has 1 amide bonds. The molecule has 1 N–H and O–H groups in total. The normalized spacial score (nSPS) is 11.9. The highest BCUT2D eigenvalue weighted by molar-refractivity contribution is 8.00. The number of amides is 1. The van der Waals surface area contributed by atoms with E-state index in [-0.39, 0.29) is 33.6 Å². The van der Waals surface area contributed by atoms with Crippen molar-refractivity contribution in [1.29, 1.82) is 0 Å². The summed E-state index contributed by atoms with van der Waals surface area (Å²) in [6, 6.07) is 2.99. The van der Waals surface area contributed by atoms with Crippen molar-refractivity contribution < 1.29 is 14.3 Å². The summed E-state index contributed by atoms with van der Waals surface area (Å²) in [7, 11) is 1.33. The summed E-state index contributed by atoms with van der Waals surface area (Å²) in [4.78, 5) is 23.0. The molecule has 1 atom stereocenters. The van der Waals surface area contributed by atoms with Crippen LogP contribution in [0.2, 0.25) is 15.1 Å². The van der Waals surface area contributed by atoms with Crippen LogP contribution >= 0.6 is 46.6 Å². The van der Waals surface area contributed by atoms with E-state index in [1.54, 1.807) is 6.92 Å². The lowest BCUT2D eigenvalue weighted by Gasteiger charge is -2.11. The number of anilines is 1. The zero-order chi connectivity index (χ0) is 16.0. The third-order valence-electron chi connectivity index (χ3n) is 2.48. The molecule has 1 unspecified atom stereocenters. The number of esters is 1. The molecule has 1 aromatic rings. The van der Waals surface area contributed by atoms with Crippen molar-refractivity contribution >= 4 is 64.1 Å². The van der Waals surface area contributed by atoms with Crippen molar-refractivity contribution in [2.75, 3.05) is 23.9 Å². The SMILES string of the molecule is COC(=O)C(C)CSCC(=O)Nc1c(Cl)cc(Cl)cc1Cl. The summed E-state index contributed by atoms with van der Waals surface area (Å²) in [5.41, 5.74) is 0.328. The first-order valence-electron chi connectivity index (χ1n) is 5.95. The average Bonchev–Trinajstić information content (AvgIpc) is 2.41. The summed E-state index contributed by atoms with van der Waals surface area (Å²) in [6.45, 7) is 1.74. The molecule has 8 heteroatoms. The number of halogens is 3. The zero-order valence-corrected chi connectivity index (χ0v) is 14.5. The summed E-state index contributed by atoms with van der Waals surface area (Å²) in [5.74, 6) is -0.163. The van der Waals surface area contributed by atoms with Crippen LogP contribution in [-0.4, -0.2) is 30.5 Å². The fraction of sp³-hybridized carbons (Fsp3) is 0.385. The molecular formula is C13H14Cl3NO3S. The maximum absolute atomic E-state index is 11.8. The molecular weight excluding hydrogens is 357 g/mol. The number of ether oxygens (including phenoxy) is 1. The van der Waals surface area contributed by atoms with Gasteiger partial charge in [0.25, 0.3) is 0 Å². The van der Waals surface area contributed by atoms with Crippen LogP contribution in [0.1, 0.15) is 6.92 Å². The van der Waals surface area contributed by atoms with Crippen molar-refractivity contribution in [3.63, 3.8) is 0 Å². The molecule has 0 saturated heterocycles. The highest BCUT2D eigenvalue weighted by Gasteiger charge is 2.15. The van der Waals surface area contributed by atoms with Gasteiger partial charge in [0.15, 0.2) is 0 Å². The monoisotopic (exact) mass is 369 g/mol. The van der Waals surface area contributed by atoms with Crippen LogP contribution in [0.25, 0.3) is 0 Å². The van der Waals surface area contributed by atoms with Crippen LogP contribution in [0.3, 0.4) is 0 Å². The molecule has 0 bridgehead atoms. The van der Waals surface area contributed by atoms with Gasteiger partial charge >= 0.3 is 5.97 Å². The minimum atomic E-state index is -0.299. The lowest BCUT2D eigenvalue weighted by Crippen LogP contribution is -2.18. The van der Waals surface area contributed by atoms with Gasteiger partial charge in [-0.25, -0.2) is 0 Å². The van der Waals surface area contributed by atoms with E-state index in [4.69, 9.17) is 34.8 Å². The summed E-state index contributed by atoms with van der Waals surface area (Å²) < 4.78 is 4.61. The lowest BCUT2D eigenvalue weighted by atomic mass is 10.2. The Hall–Kier alpha value is -0.620. The van der Waals surface area contributed by atoms with E-state index in [2.05, 4.69) is 10.1 Å². The molecule has 1 aromatic carbocycles. The van der Waals surface area contributed by atoms with Crippen molar-refractivity contribution in [3.8, 4) is 0 Å². The predicted molar refractivity (Wildman–Crippen MR) is 88.6 cm³/mol. The highest BCUT2D eigenvalue weighted by atomic mass is 35.5. The second kappa shape index (κ2) is 8.73. The molecule has 0 fully saturated rings. The Kier molecular flexibility index (Phi) is 7.66.